The van der Waals surface area contributed by atoms with Crippen LogP contribution in [0.2, 0.25) is 0 Å². The second-order valence-corrected chi connectivity index (χ2v) is 4.19. The Kier molecular flexibility index (Phi) is 3.74. The third-order valence-electron chi connectivity index (χ3n) is 3.03. The number of rotatable bonds is 4. The van der Waals surface area contributed by atoms with Crippen molar-refractivity contribution >= 4 is 0 Å². The number of methoxy groups -OCH3 is 1. The van der Waals surface area contributed by atoms with Gasteiger partial charge in [-0.1, -0.05) is 13.0 Å². The van der Waals surface area contributed by atoms with Crippen LogP contribution in [0.15, 0.2) is 12.1 Å². The summed E-state index contributed by atoms with van der Waals surface area (Å²) in [7, 11) is 1.66. The van der Waals surface area contributed by atoms with Crippen LogP contribution >= 0.6 is 0 Å². The van der Waals surface area contributed by atoms with E-state index in [1.165, 1.54) is 0 Å². The van der Waals surface area contributed by atoms with E-state index in [9.17, 15) is 0 Å². The van der Waals surface area contributed by atoms with Crippen LogP contribution in [0.4, 0.5) is 0 Å². The Labute approximate surface area is 102 Å². The number of ether oxygens (including phenoxy) is 3. The summed E-state index contributed by atoms with van der Waals surface area (Å²) >= 11 is 0. The highest BCUT2D eigenvalue weighted by atomic mass is 16.6. The minimum absolute atomic E-state index is 0.353. The number of nitrogens with two attached hydrogens (primary N) is 1. The summed E-state index contributed by atoms with van der Waals surface area (Å²) in [5, 5.41) is 0. The molecule has 0 aromatic heterocycles. The van der Waals surface area contributed by atoms with Crippen molar-refractivity contribution in [1.82, 2.24) is 0 Å². The van der Waals surface area contributed by atoms with E-state index in [0.717, 1.165) is 29.2 Å². The molecular weight excluding hydrogens is 218 g/mol. The molecule has 1 aliphatic rings. The van der Waals surface area contributed by atoms with Gasteiger partial charge < -0.3 is 19.9 Å². The second kappa shape index (κ2) is 5.27. The highest BCUT2D eigenvalue weighted by Crippen LogP contribution is 2.44. The zero-order valence-electron chi connectivity index (χ0n) is 10.4. The standard InChI is InChI=1S/C13H19NO3/c1-9(5-6-14)10-3-4-11-13(12(10)15-2)17-8-7-16-11/h3-4,9H,5-8,14H2,1-2H3. The molecule has 0 radical (unpaired) electrons. The molecule has 4 nitrogen and oxygen atoms in total. The van der Waals surface area contributed by atoms with Gasteiger partial charge in [0.25, 0.3) is 0 Å². The summed E-state index contributed by atoms with van der Waals surface area (Å²) in [6, 6.07) is 3.98. The molecule has 0 spiro atoms. The van der Waals surface area contributed by atoms with Gasteiger partial charge in [0.1, 0.15) is 13.2 Å². The van der Waals surface area contributed by atoms with Crippen molar-refractivity contribution in [3.8, 4) is 17.2 Å². The molecule has 1 aliphatic heterocycles. The van der Waals surface area contributed by atoms with E-state index in [4.69, 9.17) is 19.9 Å². The van der Waals surface area contributed by atoms with Crippen LogP contribution in [0.3, 0.4) is 0 Å². The minimum atomic E-state index is 0.353. The Morgan fingerprint density at radius 3 is 2.82 bits per heavy atom. The smallest absolute Gasteiger partial charge is 0.203 e. The van der Waals surface area contributed by atoms with Gasteiger partial charge in [-0.2, -0.15) is 0 Å². The fourth-order valence-corrected chi connectivity index (χ4v) is 2.11. The van der Waals surface area contributed by atoms with Gasteiger partial charge in [0.2, 0.25) is 5.75 Å². The average Bonchev–Trinajstić information content (AvgIpc) is 2.37. The van der Waals surface area contributed by atoms with Gasteiger partial charge in [0, 0.05) is 5.56 Å². The largest absolute Gasteiger partial charge is 0.492 e. The van der Waals surface area contributed by atoms with Crippen molar-refractivity contribution in [2.24, 2.45) is 5.73 Å². The van der Waals surface area contributed by atoms with E-state index in [2.05, 4.69) is 6.92 Å². The lowest BCUT2D eigenvalue weighted by Gasteiger charge is -2.24. The Bertz CT molecular complexity index is 392. The topological polar surface area (TPSA) is 53.7 Å². The highest BCUT2D eigenvalue weighted by molar-refractivity contribution is 5.57. The predicted octanol–water partition coefficient (Wildman–Crippen LogP) is 1.92. The molecule has 17 heavy (non-hydrogen) atoms. The molecule has 0 saturated heterocycles. The molecule has 0 aliphatic carbocycles. The molecular formula is C13H19NO3. The van der Waals surface area contributed by atoms with Gasteiger partial charge in [0.15, 0.2) is 11.5 Å². The number of hydrogen-bond donors (Lipinski definition) is 1. The predicted molar refractivity (Wildman–Crippen MR) is 66.1 cm³/mol. The summed E-state index contributed by atoms with van der Waals surface area (Å²) < 4.78 is 16.6. The van der Waals surface area contributed by atoms with E-state index in [-0.39, 0.29) is 0 Å². The molecule has 4 heteroatoms. The third kappa shape index (κ3) is 2.31. The first-order valence-corrected chi connectivity index (χ1v) is 5.94. The first-order valence-electron chi connectivity index (χ1n) is 5.94. The molecule has 94 valence electrons. The summed E-state index contributed by atoms with van der Waals surface area (Å²) in [4.78, 5) is 0. The lowest BCUT2D eigenvalue weighted by molar-refractivity contribution is 0.164. The quantitative estimate of drug-likeness (QED) is 0.869. The van der Waals surface area contributed by atoms with Crippen LogP contribution in [-0.4, -0.2) is 26.9 Å². The van der Waals surface area contributed by atoms with Crippen molar-refractivity contribution in [2.75, 3.05) is 26.9 Å². The maximum absolute atomic E-state index is 5.63. The highest BCUT2D eigenvalue weighted by Gasteiger charge is 2.22. The van der Waals surface area contributed by atoms with Gasteiger partial charge in [-0.25, -0.2) is 0 Å². The number of fused-ring (bicyclic) bond motifs is 1. The van der Waals surface area contributed by atoms with E-state index in [0.29, 0.717) is 25.7 Å². The molecule has 1 aromatic rings. The molecule has 2 rings (SSSR count). The maximum Gasteiger partial charge on any atom is 0.203 e. The van der Waals surface area contributed by atoms with Gasteiger partial charge in [-0.15, -0.1) is 0 Å². The molecule has 0 fully saturated rings. The first-order chi connectivity index (χ1) is 8.27. The van der Waals surface area contributed by atoms with Gasteiger partial charge in [-0.3, -0.25) is 0 Å². The zero-order chi connectivity index (χ0) is 12.3. The fraction of sp³-hybridized carbons (Fsp3) is 0.538. The molecule has 0 amide bonds. The van der Waals surface area contributed by atoms with Gasteiger partial charge >= 0.3 is 0 Å². The van der Waals surface area contributed by atoms with Crippen LogP contribution in [-0.2, 0) is 0 Å². The Balaban J connectivity index is 2.39. The lowest BCUT2D eigenvalue weighted by Crippen LogP contribution is -2.17. The van der Waals surface area contributed by atoms with Crippen molar-refractivity contribution in [1.29, 1.82) is 0 Å². The van der Waals surface area contributed by atoms with Crippen LogP contribution < -0.4 is 19.9 Å². The van der Waals surface area contributed by atoms with Crippen molar-refractivity contribution in [3.05, 3.63) is 17.7 Å². The van der Waals surface area contributed by atoms with E-state index in [1.54, 1.807) is 7.11 Å². The van der Waals surface area contributed by atoms with Gasteiger partial charge in [-0.05, 0) is 24.9 Å². The minimum Gasteiger partial charge on any atom is -0.492 e. The SMILES string of the molecule is COc1c(C(C)CCN)ccc2c1OCCO2. The van der Waals surface area contributed by atoms with Crippen LogP contribution in [0.25, 0.3) is 0 Å². The van der Waals surface area contributed by atoms with Crippen molar-refractivity contribution in [2.45, 2.75) is 19.3 Å². The zero-order valence-corrected chi connectivity index (χ0v) is 10.4. The molecule has 2 N–H and O–H groups in total. The maximum atomic E-state index is 5.63. The number of hydrogen-bond acceptors (Lipinski definition) is 4. The van der Waals surface area contributed by atoms with Gasteiger partial charge in [0.05, 0.1) is 7.11 Å². The molecule has 1 atom stereocenters. The average molecular weight is 237 g/mol. The monoisotopic (exact) mass is 237 g/mol. The summed E-state index contributed by atoms with van der Waals surface area (Å²) in [5.41, 5.74) is 6.73. The Morgan fingerprint density at radius 1 is 1.35 bits per heavy atom. The van der Waals surface area contributed by atoms with E-state index < -0.39 is 0 Å². The van der Waals surface area contributed by atoms with Crippen LogP contribution in [0.1, 0.15) is 24.8 Å². The van der Waals surface area contributed by atoms with Crippen molar-refractivity contribution in [3.63, 3.8) is 0 Å². The summed E-state index contributed by atoms with van der Waals surface area (Å²) in [5.74, 6) is 2.62. The summed E-state index contributed by atoms with van der Waals surface area (Å²) in [6.45, 7) is 3.96. The normalized spacial score (nSPS) is 15.5. The molecule has 1 aromatic carbocycles. The molecule has 0 bridgehead atoms. The third-order valence-corrected chi connectivity index (χ3v) is 3.03. The molecule has 1 heterocycles. The Morgan fingerprint density at radius 2 is 2.12 bits per heavy atom. The second-order valence-electron chi connectivity index (χ2n) is 4.19. The van der Waals surface area contributed by atoms with Crippen LogP contribution in [0.5, 0.6) is 17.2 Å². The lowest BCUT2D eigenvalue weighted by atomic mass is 9.96. The van der Waals surface area contributed by atoms with Crippen LogP contribution in [0, 0.1) is 0 Å². The fourth-order valence-electron chi connectivity index (χ4n) is 2.11. The van der Waals surface area contributed by atoms with Crippen molar-refractivity contribution < 1.29 is 14.2 Å². The Hall–Kier alpha value is -1.42. The molecule has 0 saturated carbocycles. The first kappa shape index (κ1) is 12.0. The number of benzene rings is 1. The molecule has 1 unspecified atom stereocenters. The van der Waals surface area contributed by atoms with E-state index in [1.807, 2.05) is 12.1 Å². The van der Waals surface area contributed by atoms with E-state index >= 15 is 0 Å². The summed E-state index contributed by atoms with van der Waals surface area (Å²) in [6.07, 6.45) is 0.927.